The lowest BCUT2D eigenvalue weighted by Crippen LogP contribution is -2.48. The van der Waals surface area contributed by atoms with Gasteiger partial charge in [-0.2, -0.15) is 10.2 Å². The zero-order valence-electron chi connectivity index (χ0n) is 20.1. The van der Waals surface area contributed by atoms with Crippen molar-refractivity contribution in [2.24, 2.45) is 32.4 Å². The molecule has 0 N–H and O–H groups in total. The quantitative estimate of drug-likeness (QED) is 0.371. The molecule has 0 aromatic heterocycles. The summed E-state index contributed by atoms with van der Waals surface area (Å²) in [4.78, 5) is 15.6. The van der Waals surface area contributed by atoms with Gasteiger partial charge in [0, 0.05) is 20.1 Å². The monoisotopic (exact) mass is 443 g/mol. The highest BCUT2D eigenvalue weighted by Crippen LogP contribution is 2.59. The first-order valence-electron chi connectivity index (χ1n) is 11.3. The molecule has 1 aliphatic heterocycles. The van der Waals surface area contributed by atoms with E-state index in [1.807, 2.05) is 4.90 Å². The Labute approximate surface area is 190 Å². The summed E-state index contributed by atoms with van der Waals surface area (Å²) in [7, 11) is 1.46. The number of allylic oxidation sites excluding steroid dienone is 2. The molecular weight excluding hydrogens is 408 g/mol. The van der Waals surface area contributed by atoms with Crippen LogP contribution in [0.25, 0.3) is 5.70 Å². The zero-order chi connectivity index (χ0) is 23.9. The Balaban J connectivity index is 1.91. The number of amides is 1. The molecule has 0 radical (unpaired) electrons. The molecule has 1 amide bonds. The van der Waals surface area contributed by atoms with Crippen molar-refractivity contribution in [3.05, 3.63) is 53.6 Å². The molecule has 0 spiro atoms. The predicted octanol–water partition coefficient (Wildman–Crippen LogP) is 6.64. The van der Waals surface area contributed by atoms with Crippen LogP contribution in [0.3, 0.4) is 0 Å². The highest BCUT2D eigenvalue weighted by Gasteiger charge is 2.57. The Bertz CT molecular complexity index is 959. The van der Waals surface area contributed by atoms with E-state index in [9.17, 15) is 13.6 Å². The fraction of sp³-hybridized carbons (Fsp3) is 0.577. The topological polar surface area (TPSA) is 45.0 Å². The summed E-state index contributed by atoms with van der Waals surface area (Å²) in [5.41, 5.74) is -0.182. The number of benzene rings is 1. The second-order valence-corrected chi connectivity index (χ2v) is 10.8. The van der Waals surface area contributed by atoms with Crippen LogP contribution in [0, 0.1) is 33.8 Å². The van der Waals surface area contributed by atoms with Gasteiger partial charge in [0.1, 0.15) is 11.6 Å². The molecule has 6 heteroatoms. The van der Waals surface area contributed by atoms with E-state index in [-0.39, 0.29) is 33.9 Å². The molecule has 1 saturated carbocycles. The van der Waals surface area contributed by atoms with Gasteiger partial charge in [-0.3, -0.25) is 4.79 Å². The predicted molar refractivity (Wildman–Crippen MR) is 124 cm³/mol. The fourth-order valence-electron chi connectivity index (χ4n) is 5.44. The summed E-state index contributed by atoms with van der Waals surface area (Å²) in [6.45, 7) is 16.5. The molecule has 1 aromatic carbocycles. The van der Waals surface area contributed by atoms with Crippen LogP contribution in [0.4, 0.5) is 8.78 Å². The third-order valence-electron chi connectivity index (χ3n) is 7.86. The van der Waals surface area contributed by atoms with Gasteiger partial charge >= 0.3 is 0 Å². The first-order valence-corrected chi connectivity index (χ1v) is 11.3. The molecule has 3 rings (SSSR count). The molecular formula is C26H35F2N3O. The average Bonchev–Trinajstić information content (AvgIpc) is 3.17. The smallest absolute Gasteiger partial charge is 0.229 e. The van der Waals surface area contributed by atoms with Gasteiger partial charge in [-0.1, -0.05) is 47.3 Å². The van der Waals surface area contributed by atoms with Crippen LogP contribution in [0.1, 0.15) is 59.4 Å². The first-order chi connectivity index (χ1) is 14.8. The summed E-state index contributed by atoms with van der Waals surface area (Å²) in [5.74, 6) is -1.22. The number of likely N-dealkylation sites (tertiary alicyclic amines) is 1. The number of nitrogens with zero attached hydrogens (tertiary/aromatic N) is 3. The van der Waals surface area contributed by atoms with Gasteiger partial charge in [0.05, 0.1) is 16.7 Å². The number of carbonyl (C=O) groups excluding carboxylic acids is 1. The van der Waals surface area contributed by atoms with Gasteiger partial charge in [-0.05, 0) is 59.8 Å². The molecule has 2 aliphatic rings. The van der Waals surface area contributed by atoms with Gasteiger partial charge in [0.15, 0.2) is 0 Å². The lowest BCUT2D eigenvalue weighted by molar-refractivity contribution is -0.146. The first kappa shape index (κ1) is 24.3. The number of halogens is 2. The maximum atomic E-state index is 14.4. The minimum atomic E-state index is -0.696. The van der Waals surface area contributed by atoms with Crippen LogP contribution in [0.2, 0.25) is 0 Å². The van der Waals surface area contributed by atoms with E-state index < -0.39 is 17.0 Å². The standard InChI is InChI=1S/C26H35F2N3O/c1-17(15-21(30-29-7)22-19(27)9-8-10-20(22)28)18-11-12-26(6,25(18,4)5)23(32)31-14-13-24(2,3)16-31/h8-10,15,18H,1,11-14,16H2,2-7H3/b21-15-,30-29?. The molecule has 2 fully saturated rings. The van der Waals surface area contributed by atoms with Crippen molar-refractivity contribution < 1.29 is 13.6 Å². The molecule has 32 heavy (non-hydrogen) atoms. The van der Waals surface area contributed by atoms with Gasteiger partial charge in [0.25, 0.3) is 0 Å². The van der Waals surface area contributed by atoms with E-state index in [0.29, 0.717) is 5.57 Å². The molecule has 1 saturated heterocycles. The Hall–Kier alpha value is -2.37. The second-order valence-electron chi connectivity index (χ2n) is 10.8. The van der Waals surface area contributed by atoms with Gasteiger partial charge < -0.3 is 4.90 Å². The second kappa shape index (κ2) is 8.53. The van der Waals surface area contributed by atoms with Crippen LogP contribution in [0.5, 0.6) is 0 Å². The number of azo groups is 1. The Kier molecular flexibility index (Phi) is 6.47. The SMILES string of the molecule is C=C(/C=C(\N=NC)c1c(F)cccc1F)C1CCC(C)(C(=O)N2CCC(C)(C)C2)C1(C)C. The summed E-state index contributed by atoms with van der Waals surface area (Å²) in [6.07, 6.45) is 4.15. The van der Waals surface area contributed by atoms with Crippen LogP contribution in [-0.4, -0.2) is 30.9 Å². The third-order valence-corrected chi connectivity index (χ3v) is 7.86. The number of carbonyl (C=O) groups is 1. The highest BCUT2D eigenvalue weighted by molar-refractivity contribution is 5.84. The maximum absolute atomic E-state index is 14.4. The summed E-state index contributed by atoms with van der Waals surface area (Å²) >= 11 is 0. The Morgan fingerprint density at radius 3 is 2.31 bits per heavy atom. The van der Waals surface area contributed by atoms with Crippen molar-refractivity contribution in [1.82, 2.24) is 4.90 Å². The van der Waals surface area contributed by atoms with E-state index in [1.165, 1.54) is 25.2 Å². The Morgan fingerprint density at radius 2 is 1.78 bits per heavy atom. The molecule has 174 valence electrons. The number of hydrogen-bond donors (Lipinski definition) is 0. The maximum Gasteiger partial charge on any atom is 0.229 e. The largest absolute Gasteiger partial charge is 0.342 e. The van der Waals surface area contributed by atoms with Crippen molar-refractivity contribution in [3.8, 4) is 0 Å². The fourth-order valence-corrected chi connectivity index (χ4v) is 5.44. The van der Waals surface area contributed by atoms with Crippen molar-refractivity contribution in [1.29, 1.82) is 0 Å². The lowest BCUT2D eigenvalue weighted by Gasteiger charge is -2.43. The zero-order valence-corrected chi connectivity index (χ0v) is 20.1. The molecule has 1 aromatic rings. The van der Waals surface area contributed by atoms with E-state index in [1.54, 1.807) is 6.08 Å². The van der Waals surface area contributed by atoms with Crippen LogP contribution in [0.15, 0.2) is 46.7 Å². The van der Waals surface area contributed by atoms with Crippen molar-refractivity contribution in [2.75, 3.05) is 20.1 Å². The van der Waals surface area contributed by atoms with Crippen LogP contribution >= 0.6 is 0 Å². The van der Waals surface area contributed by atoms with Gasteiger partial charge in [-0.15, -0.1) is 0 Å². The summed E-state index contributed by atoms with van der Waals surface area (Å²) in [5, 5.41) is 7.75. The van der Waals surface area contributed by atoms with Crippen molar-refractivity contribution in [3.63, 3.8) is 0 Å². The molecule has 4 nitrogen and oxygen atoms in total. The van der Waals surface area contributed by atoms with Gasteiger partial charge in [-0.25, -0.2) is 8.78 Å². The minimum Gasteiger partial charge on any atom is -0.342 e. The van der Waals surface area contributed by atoms with Crippen molar-refractivity contribution in [2.45, 2.75) is 53.9 Å². The molecule has 1 heterocycles. The summed E-state index contributed by atoms with van der Waals surface area (Å²) in [6, 6.07) is 3.72. The lowest BCUT2D eigenvalue weighted by atomic mass is 9.63. The van der Waals surface area contributed by atoms with E-state index in [0.717, 1.165) is 32.4 Å². The van der Waals surface area contributed by atoms with Gasteiger partial charge in [0.2, 0.25) is 5.91 Å². The average molecular weight is 444 g/mol. The number of rotatable bonds is 5. The highest BCUT2D eigenvalue weighted by atomic mass is 19.1. The van der Waals surface area contributed by atoms with E-state index in [2.05, 4.69) is 51.4 Å². The normalized spacial score (nSPS) is 27.3. The minimum absolute atomic E-state index is 0.0241. The number of hydrogen-bond acceptors (Lipinski definition) is 3. The van der Waals surface area contributed by atoms with Crippen LogP contribution < -0.4 is 0 Å². The van der Waals surface area contributed by atoms with Crippen molar-refractivity contribution >= 4 is 11.6 Å². The molecule has 0 bridgehead atoms. The van der Waals surface area contributed by atoms with E-state index in [4.69, 9.17) is 0 Å². The Morgan fingerprint density at radius 1 is 1.16 bits per heavy atom. The third kappa shape index (κ3) is 4.16. The summed E-state index contributed by atoms with van der Waals surface area (Å²) < 4.78 is 28.8. The molecule has 1 aliphatic carbocycles. The van der Waals surface area contributed by atoms with E-state index >= 15 is 0 Å². The molecule has 2 unspecified atom stereocenters. The molecule has 2 atom stereocenters. The van der Waals surface area contributed by atoms with Crippen LogP contribution in [-0.2, 0) is 4.79 Å².